The average Bonchev–Trinajstić information content (AvgIpc) is 3.27. The summed E-state index contributed by atoms with van der Waals surface area (Å²) in [6.45, 7) is 10.7. The molecule has 3 fully saturated rings. The lowest BCUT2D eigenvalue weighted by Gasteiger charge is -2.40. The third-order valence-electron chi connectivity index (χ3n) is 9.55. The van der Waals surface area contributed by atoms with Crippen LogP contribution in [0.25, 0.3) is 10.9 Å². The lowest BCUT2D eigenvalue weighted by molar-refractivity contribution is -0.192. The highest BCUT2D eigenvalue weighted by Gasteiger charge is 2.41. The predicted octanol–water partition coefficient (Wildman–Crippen LogP) is 5.15. The molecule has 0 spiro atoms. The lowest BCUT2D eigenvalue weighted by Crippen LogP contribution is -2.51. The van der Waals surface area contributed by atoms with Crippen LogP contribution in [0.2, 0.25) is 0 Å². The topological polar surface area (TPSA) is 98.1 Å². The Kier molecular flexibility index (Phi) is 10.9. The number of aliphatic carboxylic acids is 1. The molecule has 2 bridgehead atoms. The minimum atomic E-state index is -5.08. The van der Waals surface area contributed by atoms with E-state index in [4.69, 9.17) is 9.90 Å². The SMILES string of the molecule is CC(C)n1c(=O)c(C(=O)NC2C[C@H]3CC[C@@H](C2)N3CCCN2CCN(c3ccccc3)CC2)cc2ccccc21.O=C(O)C(F)(F)F. The van der Waals surface area contributed by atoms with Crippen LogP contribution in [0.4, 0.5) is 18.9 Å². The van der Waals surface area contributed by atoms with E-state index >= 15 is 0 Å². The van der Waals surface area contributed by atoms with Crippen LogP contribution in [0.3, 0.4) is 0 Å². The Bertz CT molecular complexity index is 1570. The van der Waals surface area contributed by atoms with Crippen molar-refractivity contribution in [3.05, 3.63) is 76.6 Å². The number of carboxylic acids is 1. The Labute approximate surface area is 272 Å². The van der Waals surface area contributed by atoms with Gasteiger partial charge < -0.3 is 19.9 Å². The standard InChI is InChI=1S/C33H43N5O2.C2HF3O2/c1-24(2)38-31-12-7-6-9-25(31)21-30(33(38)40)32(39)34-26-22-28-13-14-29(23-26)37(28)16-8-15-35-17-19-36(20-18-35)27-10-4-3-5-11-27;3-2(4,5)1(6)7/h3-7,9-12,21,24,26,28-29H,8,13-20,22-23H2,1-2H3,(H,34,39);(H,6,7)/t26?,28-,29+;. The normalized spacial score (nSPS) is 21.8. The van der Waals surface area contributed by atoms with Crippen molar-refractivity contribution in [3.8, 4) is 0 Å². The number of piperazine rings is 1. The van der Waals surface area contributed by atoms with Gasteiger partial charge in [-0.1, -0.05) is 36.4 Å². The molecule has 2 aromatic carbocycles. The zero-order valence-electron chi connectivity index (χ0n) is 27.0. The number of aromatic nitrogens is 1. The van der Waals surface area contributed by atoms with Gasteiger partial charge in [0.1, 0.15) is 5.56 Å². The third-order valence-corrected chi connectivity index (χ3v) is 9.55. The fraction of sp³-hybridized carbons (Fsp3) is 0.514. The van der Waals surface area contributed by atoms with Crippen molar-refractivity contribution in [2.45, 2.75) is 76.3 Å². The summed E-state index contributed by atoms with van der Waals surface area (Å²) in [5.74, 6) is -2.98. The monoisotopic (exact) mass is 655 g/mol. The fourth-order valence-corrected chi connectivity index (χ4v) is 7.33. The van der Waals surface area contributed by atoms with Crippen LogP contribution in [0.1, 0.15) is 62.4 Å². The number of nitrogens with zero attached hydrogens (tertiary/aromatic N) is 4. The van der Waals surface area contributed by atoms with E-state index in [0.717, 1.165) is 63.0 Å². The highest BCUT2D eigenvalue weighted by molar-refractivity contribution is 5.97. The van der Waals surface area contributed by atoms with Crippen molar-refractivity contribution in [2.75, 3.05) is 44.2 Å². The first kappa shape index (κ1) is 34.4. The van der Waals surface area contributed by atoms with Crippen molar-refractivity contribution in [2.24, 2.45) is 0 Å². The highest BCUT2D eigenvalue weighted by atomic mass is 19.4. The maximum absolute atomic E-state index is 13.4. The van der Waals surface area contributed by atoms with E-state index in [9.17, 15) is 22.8 Å². The number of amides is 1. The summed E-state index contributed by atoms with van der Waals surface area (Å²) in [5.41, 5.74) is 2.27. The number of halogens is 3. The Morgan fingerprint density at radius 3 is 2.11 bits per heavy atom. The summed E-state index contributed by atoms with van der Waals surface area (Å²) < 4.78 is 33.5. The smallest absolute Gasteiger partial charge is 0.475 e. The lowest BCUT2D eigenvalue weighted by atomic mass is 9.96. The first-order valence-corrected chi connectivity index (χ1v) is 16.5. The molecule has 47 heavy (non-hydrogen) atoms. The summed E-state index contributed by atoms with van der Waals surface area (Å²) >= 11 is 0. The maximum atomic E-state index is 13.4. The number of nitrogens with one attached hydrogen (secondary N) is 1. The molecule has 3 atom stereocenters. The van der Waals surface area contributed by atoms with Gasteiger partial charge in [-0.15, -0.1) is 0 Å². The number of carboxylic acid groups (broad SMARTS) is 1. The summed E-state index contributed by atoms with van der Waals surface area (Å²) in [7, 11) is 0. The number of carbonyl (C=O) groups excluding carboxylic acids is 1. The molecule has 1 aromatic heterocycles. The molecule has 4 heterocycles. The molecule has 0 saturated carbocycles. The number of hydrogen-bond acceptors (Lipinski definition) is 6. The Morgan fingerprint density at radius 2 is 1.51 bits per heavy atom. The minimum absolute atomic E-state index is 0.0167. The molecule has 2 N–H and O–H groups in total. The molecule has 3 aliphatic rings. The zero-order chi connectivity index (χ0) is 33.7. The molecule has 1 unspecified atom stereocenters. The number of alkyl halides is 3. The first-order chi connectivity index (χ1) is 22.4. The molecular formula is C35H44F3N5O4. The largest absolute Gasteiger partial charge is 0.490 e. The number of fused-ring (bicyclic) bond motifs is 3. The minimum Gasteiger partial charge on any atom is -0.475 e. The number of benzene rings is 2. The second kappa shape index (κ2) is 14.9. The van der Waals surface area contributed by atoms with E-state index in [0.29, 0.717) is 12.1 Å². The number of anilines is 1. The molecule has 9 nitrogen and oxygen atoms in total. The molecule has 3 saturated heterocycles. The number of rotatable bonds is 8. The van der Waals surface area contributed by atoms with Gasteiger partial charge in [0.15, 0.2) is 0 Å². The third kappa shape index (κ3) is 8.34. The predicted molar refractivity (Wildman–Crippen MR) is 176 cm³/mol. The number of piperidine rings is 1. The average molecular weight is 656 g/mol. The number of para-hydroxylation sites is 2. The van der Waals surface area contributed by atoms with Crippen LogP contribution < -0.4 is 15.8 Å². The highest BCUT2D eigenvalue weighted by Crippen LogP contribution is 2.36. The van der Waals surface area contributed by atoms with Gasteiger partial charge in [0.2, 0.25) is 0 Å². The molecule has 0 aliphatic carbocycles. The van der Waals surface area contributed by atoms with E-state index in [1.165, 1.54) is 24.9 Å². The van der Waals surface area contributed by atoms with Crippen LogP contribution in [0.15, 0.2) is 65.5 Å². The van der Waals surface area contributed by atoms with Gasteiger partial charge in [-0.2, -0.15) is 13.2 Å². The van der Waals surface area contributed by atoms with Crippen LogP contribution in [0.5, 0.6) is 0 Å². The Morgan fingerprint density at radius 1 is 0.915 bits per heavy atom. The van der Waals surface area contributed by atoms with Gasteiger partial charge in [-0.3, -0.25) is 19.4 Å². The second-order valence-corrected chi connectivity index (χ2v) is 13.0. The molecule has 12 heteroatoms. The van der Waals surface area contributed by atoms with E-state index in [1.54, 1.807) is 10.6 Å². The van der Waals surface area contributed by atoms with Crippen molar-refractivity contribution < 1.29 is 27.9 Å². The Hall–Kier alpha value is -3.90. The molecular weight excluding hydrogens is 611 g/mol. The van der Waals surface area contributed by atoms with E-state index < -0.39 is 12.1 Å². The number of hydrogen-bond donors (Lipinski definition) is 2. The van der Waals surface area contributed by atoms with Crippen molar-refractivity contribution in [3.63, 3.8) is 0 Å². The molecule has 0 radical (unpaired) electrons. The van der Waals surface area contributed by atoms with Gasteiger partial charge in [0, 0.05) is 56.0 Å². The van der Waals surface area contributed by atoms with Gasteiger partial charge in [0.25, 0.3) is 11.5 Å². The second-order valence-electron chi connectivity index (χ2n) is 13.0. The van der Waals surface area contributed by atoms with Crippen molar-refractivity contribution >= 4 is 28.5 Å². The Balaban J connectivity index is 0.000000559. The fourth-order valence-electron chi connectivity index (χ4n) is 7.33. The van der Waals surface area contributed by atoms with Gasteiger partial charge in [-0.05, 0) is 88.7 Å². The van der Waals surface area contributed by atoms with Crippen molar-refractivity contribution in [1.82, 2.24) is 19.7 Å². The molecule has 6 rings (SSSR count). The van der Waals surface area contributed by atoms with Crippen molar-refractivity contribution in [1.29, 1.82) is 0 Å². The number of carbonyl (C=O) groups is 2. The van der Waals surface area contributed by atoms with E-state index in [1.807, 2.05) is 38.1 Å². The number of pyridine rings is 1. The van der Waals surface area contributed by atoms with Gasteiger partial charge >= 0.3 is 12.1 Å². The molecule has 1 amide bonds. The van der Waals surface area contributed by atoms with Crippen LogP contribution in [0, 0.1) is 0 Å². The summed E-state index contributed by atoms with van der Waals surface area (Å²) in [6, 6.07) is 21.5. The maximum Gasteiger partial charge on any atom is 0.490 e. The van der Waals surface area contributed by atoms with Gasteiger partial charge in [0.05, 0.1) is 5.52 Å². The van der Waals surface area contributed by atoms with Crippen LogP contribution in [-0.2, 0) is 4.79 Å². The quantitative estimate of drug-likeness (QED) is 0.347. The molecule has 3 aliphatic heterocycles. The zero-order valence-corrected chi connectivity index (χ0v) is 27.0. The van der Waals surface area contributed by atoms with E-state index in [-0.39, 0.29) is 29.1 Å². The van der Waals surface area contributed by atoms with Crippen LogP contribution >= 0.6 is 0 Å². The summed E-state index contributed by atoms with van der Waals surface area (Å²) in [5, 5.41) is 11.3. The summed E-state index contributed by atoms with van der Waals surface area (Å²) in [4.78, 5) is 43.4. The summed E-state index contributed by atoms with van der Waals surface area (Å²) in [6.07, 6.45) is 0.487. The molecule has 3 aromatic rings. The first-order valence-electron chi connectivity index (χ1n) is 16.5. The molecule has 254 valence electrons. The van der Waals surface area contributed by atoms with E-state index in [2.05, 4.69) is 50.3 Å². The van der Waals surface area contributed by atoms with Crippen LogP contribution in [-0.4, -0.2) is 94.9 Å². The van der Waals surface area contributed by atoms with Gasteiger partial charge in [-0.25, -0.2) is 4.79 Å².